The summed E-state index contributed by atoms with van der Waals surface area (Å²) < 4.78 is 27.8. The third-order valence-electron chi connectivity index (χ3n) is 3.21. The zero-order chi connectivity index (χ0) is 17.7. The standard InChI is InChI=1S/C16H17BrN2O3S2/c1-11(16(20)18-14-5-3-4-6-15(14)23-2)19-24(21,22)13-9-7-12(17)8-10-13/h3-11,19H,1-2H3,(H,18,20)/t11-/m0/s1. The fourth-order valence-electron chi connectivity index (χ4n) is 1.96. The zero-order valence-corrected chi connectivity index (χ0v) is 16.3. The molecule has 0 aliphatic carbocycles. The third-order valence-corrected chi connectivity index (χ3v) is 6.10. The van der Waals surface area contributed by atoms with Gasteiger partial charge in [-0.3, -0.25) is 4.79 Å². The Morgan fingerprint density at radius 2 is 1.75 bits per heavy atom. The van der Waals surface area contributed by atoms with Crippen LogP contribution in [0.2, 0.25) is 0 Å². The van der Waals surface area contributed by atoms with Gasteiger partial charge in [0.1, 0.15) is 0 Å². The highest BCUT2D eigenvalue weighted by atomic mass is 79.9. The van der Waals surface area contributed by atoms with Crippen molar-refractivity contribution in [2.24, 2.45) is 0 Å². The van der Waals surface area contributed by atoms with E-state index in [2.05, 4.69) is 26.0 Å². The zero-order valence-electron chi connectivity index (χ0n) is 13.1. The van der Waals surface area contributed by atoms with Crippen LogP contribution in [-0.2, 0) is 14.8 Å². The summed E-state index contributed by atoms with van der Waals surface area (Å²) in [6.07, 6.45) is 1.91. The summed E-state index contributed by atoms with van der Waals surface area (Å²) in [5, 5.41) is 2.75. The second kappa shape index (κ2) is 8.15. The smallest absolute Gasteiger partial charge is 0.242 e. The van der Waals surface area contributed by atoms with Gasteiger partial charge in [-0.15, -0.1) is 11.8 Å². The number of nitrogens with one attached hydrogen (secondary N) is 2. The van der Waals surface area contributed by atoms with Gasteiger partial charge in [0.15, 0.2) is 0 Å². The van der Waals surface area contributed by atoms with Crippen LogP contribution >= 0.6 is 27.7 Å². The molecule has 24 heavy (non-hydrogen) atoms. The third kappa shape index (κ3) is 4.83. The minimum absolute atomic E-state index is 0.106. The Bertz CT molecular complexity index is 823. The quantitative estimate of drug-likeness (QED) is 0.690. The van der Waals surface area contributed by atoms with E-state index in [0.29, 0.717) is 5.69 Å². The number of hydrogen-bond acceptors (Lipinski definition) is 4. The van der Waals surface area contributed by atoms with Crippen LogP contribution in [0.4, 0.5) is 5.69 Å². The summed E-state index contributed by atoms with van der Waals surface area (Å²) in [4.78, 5) is 13.3. The first-order chi connectivity index (χ1) is 11.3. The maximum Gasteiger partial charge on any atom is 0.242 e. The van der Waals surface area contributed by atoms with Crippen molar-refractivity contribution in [1.82, 2.24) is 4.72 Å². The number of amides is 1. The summed E-state index contributed by atoms with van der Waals surface area (Å²) in [6.45, 7) is 1.51. The molecule has 5 nitrogen and oxygen atoms in total. The number of anilines is 1. The highest BCUT2D eigenvalue weighted by molar-refractivity contribution is 9.10. The van der Waals surface area contributed by atoms with Gasteiger partial charge in [-0.2, -0.15) is 4.72 Å². The Hall–Kier alpha value is -1.35. The van der Waals surface area contributed by atoms with Crippen molar-refractivity contribution in [3.63, 3.8) is 0 Å². The van der Waals surface area contributed by atoms with E-state index in [1.807, 2.05) is 24.5 Å². The van der Waals surface area contributed by atoms with Gasteiger partial charge in [-0.25, -0.2) is 8.42 Å². The van der Waals surface area contributed by atoms with Gasteiger partial charge in [0.25, 0.3) is 0 Å². The molecular weight excluding hydrogens is 412 g/mol. The minimum atomic E-state index is -3.77. The number of carbonyl (C=O) groups is 1. The van der Waals surface area contributed by atoms with Crippen LogP contribution in [-0.4, -0.2) is 26.6 Å². The lowest BCUT2D eigenvalue weighted by Gasteiger charge is -2.16. The monoisotopic (exact) mass is 428 g/mol. The van der Waals surface area contributed by atoms with Gasteiger partial charge in [0.05, 0.1) is 16.6 Å². The van der Waals surface area contributed by atoms with Crippen molar-refractivity contribution < 1.29 is 13.2 Å². The van der Waals surface area contributed by atoms with Crippen LogP contribution in [0.1, 0.15) is 6.92 Å². The molecule has 0 aliphatic heterocycles. The molecular formula is C16H17BrN2O3S2. The van der Waals surface area contributed by atoms with Gasteiger partial charge in [-0.05, 0) is 49.6 Å². The fraction of sp³-hybridized carbons (Fsp3) is 0.188. The van der Waals surface area contributed by atoms with E-state index in [0.717, 1.165) is 9.37 Å². The first-order valence-corrected chi connectivity index (χ1v) is 10.6. The van der Waals surface area contributed by atoms with E-state index in [-0.39, 0.29) is 4.90 Å². The lowest BCUT2D eigenvalue weighted by molar-refractivity contribution is -0.117. The molecule has 2 rings (SSSR count). The lowest BCUT2D eigenvalue weighted by Crippen LogP contribution is -2.41. The average molecular weight is 429 g/mol. The molecule has 1 amide bonds. The largest absolute Gasteiger partial charge is 0.324 e. The molecule has 0 radical (unpaired) electrons. The number of para-hydroxylation sites is 1. The summed E-state index contributed by atoms with van der Waals surface area (Å²) in [5.74, 6) is -0.419. The molecule has 0 aromatic heterocycles. The summed E-state index contributed by atoms with van der Waals surface area (Å²) in [7, 11) is -3.77. The number of benzene rings is 2. The van der Waals surface area contributed by atoms with Crippen LogP contribution in [0.25, 0.3) is 0 Å². The lowest BCUT2D eigenvalue weighted by atomic mass is 10.3. The molecule has 8 heteroatoms. The molecule has 0 saturated carbocycles. The minimum Gasteiger partial charge on any atom is -0.324 e. The molecule has 2 aromatic carbocycles. The normalized spacial score (nSPS) is 12.6. The van der Waals surface area contributed by atoms with Gasteiger partial charge < -0.3 is 5.32 Å². The Balaban J connectivity index is 2.09. The van der Waals surface area contributed by atoms with E-state index >= 15 is 0 Å². The highest BCUT2D eigenvalue weighted by Gasteiger charge is 2.22. The second-order valence-corrected chi connectivity index (χ2v) is 8.46. The van der Waals surface area contributed by atoms with Crippen molar-refractivity contribution in [1.29, 1.82) is 0 Å². The van der Waals surface area contributed by atoms with E-state index in [1.54, 1.807) is 18.2 Å². The first-order valence-electron chi connectivity index (χ1n) is 7.05. The Labute approximate surface area is 154 Å². The van der Waals surface area contributed by atoms with E-state index < -0.39 is 22.0 Å². The van der Waals surface area contributed by atoms with Gasteiger partial charge in [0, 0.05) is 9.37 Å². The topological polar surface area (TPSA) is 75.3 Å². The SMILES string of the molecule is CSc1ccccc1NC(=O)[C@H](C)NS(=O)(=O)c1ccc(Br)cc1. The maximum atomic E-state index is 12.3. The van der Waals surface area contributed by atoms with Gasteiger partial charge in [-0.1, -0.05) is 28.1 Å². The number of thioether (sulfide) groups is 1. The molecule has 2 aromatic rings. The molecule has 128 valence electrons. The number of sulfonamides is 1. The predicted molar refractivity (Wildman–Crippen MR) is 101 cm³/mol. The number of rotatable bonds is 6. The number of halogens is 1. The highest BCUT2D eigenvalue weighted by Crippen LogP contribution is 2.24. The van der Waals surface area contributed by atoms with E-state index in [1.165, 1.54) is 30.8 Å². The fourth-order valence-corrected chi connectivity index (χ4v) is 3.98. The molecule has 0 saturated heterocycles. The predicted octanol–water partition coefficient (Wildman–Crippen LogP) is 3.48. The van der Waals surface area contributed by atoms with Crippen molar-refractivity contribution in [3.8, 4) is 0 Å². The molecule has 0 fully saturated rings. The average Bonchev–Trinajstić information content (AvgIpc) is 2.55. The molecule has 0 aliphatic rings. The van der Waals surface area contributed by atoms with Crippen molar-refractivity contribution in [3.05, 3.63) is 53.0 Å². The number of carbonyl (C=O) groups excluding carboxylic acids is 1. The van der Waals surface area contributed by atoms with Crippen LogP contribution in [0.3, 0.4) is 0 Å². The first kappa shape index (κ1) is 19.0. The Morgan fingerprint density at radius 1 is 1.12 bits per heavy atom. The summed E-state index contributed by atoms with van der Waals surface area (Å²) in [6, 6.07) is 12.7. The number of hydrogen-bond donors (Lipinski definition) is 2. The van der Waals surface area contributed by atoms with Crippen LogP contribution in [0, 0.1) is 0 Å². The molecule has 0 heterocycles. The molecule has 0 bridgehead atoms. The van der Waals surface area contributed by atoms with Crippen molar-refractivity contribution >= 4 is 49.3 Å². The van der Waals surface area contributed by atoms with Crippen LogP contribution in [0.5, 0.6) is 0 Å². The Kier molecular flexibility index (Phi) is 6.45. The van der Waals surface area contributed by atoms with Crippen molar-refractivity contribution in [2.75, 3.05) is 11.6 Å². The van der Waals surface area contributed by atoms with Gasteiger partial charge in [0.2, 0.25) is 15.9 Å². The second-order valence-electron chi connectivity index (χ2n) is 4.99. The van der Waals surface area contributed by atoms with Crippen LogP contribution in [0.15, 0.2) is 62.8 Å². The molecule has 1 atom stereocenters. The molecule has 0 spiro atoms. The van der Waals surface area contributed by atoms with E-state index in [9.17, 15) is 13.2 Å². The Morgan fingerprint density at radius 3 is 2.38 bits per heavy atom. The maximum absolute atomic E-state index is 12.3. The summed E-state index contributed by atoms with van der Waals surface area (Å²) in [5.41, 5.74) is 0.657. The summed E-state index contributed by atoms with van der Waals surface area (Å²) >= 11 is 4.76. The van der Waals surface area contributed by atoms with E-state index in [4.69, 9.17) is 0 Å². The van der Waals surface area contributed by atoms with Gasteiger partial charge >= 0.3 is 0 Å². The van der Waals surface area contributed by atoms with Crippen molar-refractivity contribution in [2.45, 2.75) is 22.8 Å². The molecule has 0 unspecified atom stereocenters. The van der Waals surface area contributed by atoms with Crippen LogP contribution < -0.4 is 10.0 Å². The molecule has 2 N–H and O–H groups in total.